The monoisotopic (exact) mass is 341 g/mol. The van der Waals surface area contributed by atoms with E-state index >= 15 is 0 Å². The summed E-state index contributed by atoms with van der Waals surface area (Å²) in [6, 6.07) is 8.49. The van der Waals surface area contributed by atoms with Gasteiger partial charge in [0.05, 0.1) is 11.1 Å². The smallest absolute Gasteiger partial charge is 0.416 e. The molecule has 0 fully saturated rings. The molecule has 1 N–H and O–H groups in total. The molecular formula is C16H11F4NO3. The quantitative estimate of drug-likeness (QED) is 0.682. The maximum absolute atomic E-state index is 13.0. The van der Waals surface area contributed by atoms with E-state index in [0.29, 0.717) is 0 Å². The van der Waals surface area contributed by atoms with E-state index in [9.17, 15) is 27.2 Å². The standard InChI is InChI=1S/C16H11F4NO3/c17-12-2-1-3-13(8-12)21-14(22)9-24-15(23)10-4-6-11(7-5-10)16(18,19)20/h1-8H,9H2,(H,21,22). The van der Waals surface area contributed by atoms with Crippen molar-refractivity contribution in [1.82, 2.24) is 0 Å². The minimum atomic E-state index is -4.51. The molecule has 2 rings (SSSR count). The highest BCUT2D eigenvalue weighted by Crippen LogP contribution is 2.29. The molecule has 2 aromatic rings. The number of carbonyl (C=O) groups excluding carboxylic acids is 2. The zero-order chi connectivity index (χ0) is 17.7. The Labute approximate surface area is 134 Å². The molecule has 0 aliphatic rings. The number of carbonyl (C=O) groups is 2. The number of ether oxygens (including phenoxy) is 1. The van der Waals surface area contributed by atoms with Crippen LogP contribution in [0.3, 0.4) is 0 Å². The van der Waals surface area contributed by atoms with Crippen LogP contribution < -0.4 is 5.32 Å². The zero-order valence-electron chi connectivity index (χ0n) is 12.1. The molecule has 2 aromatic carbocycles. The van der Waals surface area contributed by atoms with Crippen molar-refractivity contribution in [3.05, 3.63) is 65.5 Å². The summed E-state index contributed by atoms with van der Waals surface area (Å²) in [5, 5.41) is 2.31. The molecule has 0 aliphatic carbocycles. The fraction of sp³-hybridized carbons (Fsp3) is 0.125. The van der Waals surface area contributed by atoms with Crippen LogP contribution in [0, 0.1) is 5.82 Å². The molecule has 0 saturated carbocycles. The molecule has 126 valence electrons. The average Bonchev–Trinajstić information content (AvgIpc) is 2.52. The number of amides is 1. The number of hydrogen-bond acceptors (Lipinski definition) is 3. The number of nitrogens with one attached hydrogen (secondary N) is 1. The Balaban J connectivity index is 1.89. The van der Waals surface area contributed by atoms with Gasteiger partial charge in [0.15, 0.2) is 6.61 Å². The van der Waals surface area contributed by atoms with Crippen LogP contribution in [0.4, 0.5) is 23.2 Å². The molecule has 0 bridgehead atoms. The van der Waals surface area contributed by atoms with Gasteiger partial charge in [-0.2, -0.15) is 13.2 Å². The summed E-state index contributed by atoms with van der Waals surface area (Å²) in [6.45, 7) is -0.656. The minimum Gasteiger partial charge on any atom is -0.452 e. The van der Waals surface area contributed by atoms with Crippen molar-refractivity contribution in [2.75, 3.05) is 11.9 Å². The Morgan fingerprint density at radius 2 is 1.71 bits per heavy atom. The first kappa shape index (κ1) is 17.5. The molecule has 0 heterocycles. The van der Waals surface area contributed by atoms with Crippen LogP contribution in [0.25, 0.3) is 0 Å². The Bertz CT molecular complexity index is 742. The fourth-order valence-electron chi connectivity index (χ4n) is 1.77. The summed E-state index contributed by atoms with van der Waals surface area (Å²) in [6.07, 6.45) is -4.51. The normalized spacial score (nSPS) is 11.0. The van der Waals surface area contributed by atoms with Crippen LogP contribution in [-0.2, 0) is 15.7 Å². The first-order valence-corrected chi connectivity index (χ1v) is 6.65. The number of rotatable bonds is 4. The second-order valence-electron chi connectivity index (χ2n) is 4.71. The number of halogens is 4. The van der Waals surface area contributed by atoms with Gasteiger partial charge in [0.25, 0.3) is 5.91 Å². The van der Waals surface area contributed by atoms with Crippen LogP contribution in [0.15, 0.2) is 48.5 Å². The number of benzene rings is 2. The van der Waals surface area contributed by atoms with Gasteiger partial charge in [0.1, 0.15) is 5.82 Å². The lowest BCUT2D eigenvalue weighted by molar-refractivity contribution is -0.137. The highest BCUT2D eigenvalue weighted by Gasteiger charge is 2.30. The van der Waals surface area contributed by atoms with Gasteiger partial charge in [0, 0.05) is 5.69 Å². The molecule has 1 amide bonds. The Morgan fingerprint density at radius 3 is 2.29 bits per heavy atom. The molecular weight excluding hydrogens is 330 g/mol. The number of anilines is 1. The third-order valence-electron chi connectivity index (χ3n) is 2.89. The number of esters is 1. The molecule has 0 aromatic heterocycles. The van der Waals surface area contributed by atoms with Crippen LogP contribution in [0.1, 0.15) is 15.9 Å². The molecule has 0 spiro atoms. The molecule has 0 radical (unpaired) electrons. The lowest BCUT2D eigenvalue weighted by Crippen LogP contribution is -2.21. The van der Waals surface area contributed by atoms with Gasteiger partial charge in [-0.15, -0.1) is 0 Å². The third-order valence-corrected chi connectivity index (χ3v) is 2.89. The van der Waals surface area contributed by atoms with Crippen LogP contribution in [0.2, 0.25) is 0 Å². The molecule has 8 heteroatoms. The van der Waals surface area contributed by atoms with Gasteiger partial charge in [0.2, 0.25) is 0 Å². The summed E-state index contributed by atoms with van der Waals surface area (Å²) in [5.41, 5.74) is -0.838. The van der Waals surface area contributed by atoms with Crippen molar-refractivity contribution in [2.24, 2.45) is 0 Å². The van der Waals surface area contributed by atoms with E-state index in [1.54, 1.807) is 0 Å². The van der Waals surface area contributed by atoms with Crippen LogP contribution in [-0.4, -0.2) is 18.5 Å². The molecule has 0 atom stereocenters. The van der Waals surface area contributed by atoms with Gasteiger partial charge in [-0.25, -0.2) is 9.18 Å². The first-order valence-electron chi connectivity index (χ1n) is 6.65. The van der Waals surface area contributed by atoms with Crippen molar-refractivity contribution < 1.29 is 31.9 Å². The molecule has 0 saturated heterocycles. The van der Waals surface area contributed by atoms with Crippen molar-refractivity contribution in [3.8, 4) is 0 Å². The fourth-order valence-corrected chi connectivity index (χ4v) is 1.77. The van der Waals surface area contributed by atoms with Crippen molar-refractivity contribution >= 4 is 17.6 Å². The van der Waals surface area contributed by atoms with E-state index in [-0.39, 0.29) is 11.3 Å². The highest BCUT2D eigenvalue weighted by molar-refractivity contribution is 5.95. The SMILES string of the molecule is O=C(COC(=O)c1ccc(C(F)(F)F)cc1)Nc1cccc(F)c1. The van der Waals surface area contributed by atoms with Crippen molar-refractivity contribution in [2.45, 2.75) is 6.18 Å². The van der Waals surface area contributed by atoms with Gasteiger partial charge in [-0.1, -0.05) is 6.07 Å². The van der Waals surface area contributed by atoms with Gasteiger partial charge in [-0.05, 0) is 42.5 Å². The van der Waals surface area contributed by atoms with Gasteiger partial charge < -0.3 is 10.1 Å². The van der Waals surface area contributed by atoms with E-state index in [1.165, 1.54) is 18.2 Å². The summed E-state index contributed by atoms with van der Waals surface area (Å²) >= 11 is 0. The summed E-state index contributed by atoms with van der Waals surface area (Å²) in [4.78, 5) is 23.3. The third kappa shape index (κ3) is 4.80. The number of hydrogen-bond donors (Lipinski definition) is 1. The molecule has 0 unspecified atom stereocenters. The van der Waals surface area contributed by atoms with Crippen molar-refractivity contribution in [3.63, 3.8) is 0 Å². The van der Waals surface area contributed by atoms with E-state index in [4.69, 9.17) is 4.74 Å². The van der Waals surface area contributed by atoms with Gasteiger partial charge in [-0.3, -0.25) is 4.79 Å². The van der Waals surface area contributed by atoms with E-state index in [0.717, 1.165) is 30.3 Å². The van der Waals surface area contributed by atoms with E-state index in [2.05, 4.69) is 5.32 Å². The predicted molar refractivity (Wildman–Crippen MR) is 76.8 cm³/mol. The van der Waals surface area contributed by atoms with Crippen molar-refractivity contribution in [1.29, 1.82) is 0 Å². The Hall–Kier alpha value is -2.90. The Morgan fingerprint density at radius 1 is 1.04 bits per heavy atom. The Kier molecular flexibility index (Phi) is 5.18. The zero-order valence-corrected chi connectivity index (χ0v) is 12.1. The molecule has 4 nitrogen and oxygen atoms in total. The summed E-state index contributed by atoms with van der Waals surface area (Å²) in [5.74, 6) is -2.20. The topological polar surface area (TPSA) is 55.4 Å². The molecule has 24 heavy (non-hydrogen) atoms. The van der Waals surface area contributed by atoms with Crippen LogP contribution in [0.5, 0.6) is 0 Å². The van der Waals surface area contributed by atoms with E-state index in [1.807, 2.05) is 0 Å². The highest BCUT2D eigenvalue weighted by atomic mass is 19.4. The lowest BCUT2D eigenvalue weighted by atomic mass is 10.1. The largest absolute Gasteiger partial charge is 0.452 e. The second-order valence-corrected chi connectivity index (χ2v) is 4.71. The van der Waals surface area contributed by atoms with E-state index < -0.39 is 36.0 Å². The first-order chi connectivity index (χ1) is 11.3. The average molecular weight is 341 g/mol. The molecule has 0 aliphatic heterocycles. The minimum absolute atomic E-state index is 0.124. The summed E-state index contributed by atoms with van der Waals surface area (Å²) in [7, 11) is 0. The maximum atomic E-state index is 13.0. The number of alkyl halides is 3. The van der Waals surface area contributed by atoms with Crippen LogP contribution >= 0.6 is 0 Å². The second kappa shape index (κ2) is 7.12. The maximum Gasteiger partial charge on any atom is 0.416 e. The lowest BCUT2D eigenvalue weighted by Gasteiger charge is -2.08. The summed E-state index contributed by atoms with van der Waals surface area (Å²) < 4.78 is 54.9. The predicted octanol–water partition coefficient (Wildman–Crippen LogP) is 3.64. The van der Waals surface area contributed by atoms with Gasteiger partial charge >= 0.3 is 12.1 Å².